The highest BCUT2D eigenvalue weighted by Crippen LogP contribution is 2.32. The average molecular weight is 268 g/mol. The normalized spacial score (nSPS) is 9.41. The van der Waals surface area contributed by atoms with Crippen molar-refractivity contribution in [2.24, 2.45) is 0 Å². The third-order valence-corrected chi connectivity index (χ3v) is 3.07. The van der Waals surface area contributed by atoms with Crippen LogP contribution in [0, 0.1) is 22.7 Å². The Morgan fingerprint density at radius 2 is 1.65 bits per heavy atom. The highest BCUT2D eigenvalue weighted by Gasteiger charge is 2.11. The minimum atomic E-state index is 0.383. The van der Waals surface area contributed by atoms with Gasteiger partial charge in [0.1, 0.15) is 0 Å². The number of hydrogen-bond donors (Lipinski definition) is 0. The molecule has 0 spiro atoms. The summed E-state index contributed by atoms with van der Waals surface area (Å²) in [5.74, 6) is 0. The van der Waals surface area contributed by atoms with Crippen LogP contribution in [0.5, 0.6) is 0 Å². The molecule has 0 atom stereocenters. The molecular weight excluding hydrogens is 257 g/mol. The Bertz CT molecular complexity index is 442. The molecule has 5 heteroatoms. The van der Waals surface area contributed by atoms with Gasteiger partial charge in [-0.2, -0.15) is 10.5 Å². The number of anilines is 1. The van der Waals surface area contributed by atoms with Crippen LogP contribution in [0.2, 0.25) is 10.0 Å². The van der Waals surface area contributed by atoms with Gasteiger partial charge in [0.15, 0.2) is 0 Å². The molecule has 0 saturated carbocycles. The number of nitriles is 2. The summed E-state index contributed by atoms with van der Waals surface area (Å²) in [4.78, 5) is 1.90. The summed E-state index contributed by atoms with van der Waals surface area (Å²) < 4.78 is 0. The van der Waals surface area contributed by atoms with Crippen molar-refractivity contribution in [3.8, 4) is 12.1 Å². The topological polar surface area (TPSA) is 50.8 Å². The average Bonchev–Trinajstić information content (AvgIpc) is 2.34. The van der Waals surface area contributed by atoms with Gasteiger partial charge in [0.2, 0.25) is 0 Å². The maximum atomic E-state index is 8.61. The lowest BCUT2D eigenvalue weighted by Gasteiger charge is -2.24. The van der Waals surface area contributed by atoms with Gasteiger partial charge in [0, 0.05) is 13.1 Å². The first-order chi connectivity index (χ1) is 8.20. The first-order valence-corrected chi connectivity index (χ1v) is 5.89. The quantitative estimate of drug-likeness (QED) is 0.819. The van der Waals surface area contributed by atoms with Gasteiger partial charge in [-0.1, -0.05) is 29.3 Å². The molecule has 0 unspecified atom stereocenters. The van der Waals surface area contributed by atoms with Gasteiger partial charge in [-0.15, -0.1) is 0 Å². The van der Waals surface area contributed by atoms with Crippen molar-refractivity contribution < 1.29 is 0 Å². The predicted octanol–water partition coefficient (Wildman–Crippen LogP) is 3.63. The van der Waals surface area contributed by atoms with E-state index in [1.807, 2.05) is 11.0 Å². The molecule has 0 aliphatic carbocycles. The fraction of sp³-hybridized carbons (Fsp3) is 0.333. The molecule has 1 rings (SSSR count). The van der Waals surface area contributed by atoms with Gasteiger partial charge in [0.05, 0.1) is 40.7 Å². The minimum Gasteiger partial charge on any atom is -0.368 e. The van der Waals surface area contributed by atoms with Gasteiger partial charge >= 0.3 is 0 Å². The molecule has 88 valence electrons. The monoisotopic (exact) mass is 267 g/mol. The van der Waals surface area contributed by atoms with Crippen molar-refractivity contribution in [2.45, 2.75) is 12.8 Å². The summed E-state index contributed by atoms with van der Waals surface area (Å²) in [7, 11) is 0. The van der Waals surface area contributed by atoms with Crippen LogP contribution in [-0.4, -0.2) is 13.1 Å². The van der Waals surface area contributed by atoms with Crippen LogP contribution in [0.3, 0.4) is 0 Å². The van der Waals surface area contributed by atoms with Crippen molar-refractivity contribution >= 4 is 28.9 Å². The number of halogens is 2. The highest BCUT2D eigenvalue weighted by atomic mass is 35.5. The molecule has 1 aromatic carbocycles. The van der Waals surface area contributed by atoms with Crippen molar-refractivity contribution in [1.82, 2.24) is 0 Å². The molecular formula is C12H11Cl2N3. The van der Waals surface area contributed by atoms with Gasteiger partial charge in [0.25, 0.3) is 0 Å². The molecule has 0 fully saturated rings. The molecule has 0 saturated heterocycles. The van der Waals surface area contributed by atoms with E-state index in [9.17, 15) is 0 Å². The SMILES string of the molecule is N#CCCN(CCC#N)c1cccc(Cl)c1Cl. The maximum Gasteiger partial charge on any atom is 0.0825 e. The van der Waals surface area contributed by atoms with Gasteiger partial charge in [-0.05, 0) is 12.1 Å². The predicted molar refractivity (Wildman–Crippen MR) is 69.1 cm³/mol. The van der Waals surface area contributed by atoms with E-state index >= 15 is 0 Å². The molecule has 17 heavy (non-hydrogen) atoms. The number of hydrogen-bond acceptors (Lipinski definition) is 3. The van der Waals surface area contributed by atoms with E-state index < -0.39 is 0 Å². The smallest absolute Gasteiger partial charge is 0.0825 e. The van der Waals surface area contributed by atoms with Crippen molar-refractivity contribution in [1.29, 1.82) is 10.5 Å². The summed E-state index contributed by atoms with van der Waals surface area (Å²) in [5, 5.41) is 18.2. The summed E-state index contributed by atoms with van der Waals surface area (Å²) >= 11 is 12.0. The molecule has 0 aliphatic rings. The number of benzene rings is 1. The Morgan fingerprint density at radius 3 is 2.18 bits per heavy atom. The molecule has 0 bridgehead atoms. The van der Waals surface area contributed by atoms with E-state index in [2.05, 4.69) is 12.1 Å². The van der Waals surface area contributed by atoms with Crippen molar-refractivity contribution in [2.75, 3.05) is 18.0 Å². The molecule has 0 aliphatic heterocycles. The highest BCUT2D eigenvalue weighted by molar-refractivity contribution is 6.43. The molecule has 0 N–H and O–H groups in total. The van der Waals surface area contributed by atoms with E-state index in [4.69, 9.17) is 33.7 Å². The molecule has 1 aromatic rings. The molecule has 0 aromatic heterocycles. The molecule has 0 radical (unpaired) electrons. The summed E-state index contributed by atoms with van der Waals surface area (Å²) in [5.41, 5.74) is 0.768. The Labute approximate surface area is 111 Å². The van der Waals surface area contributed by atoms with Crippen LogP contribution in [0.25, 0.3) is 0 Å². The maximum absolute atomic E-state index is 8.61. The Balaban J connectivity index is 2.92. The number of nitrogens with zero attached hydrogens (tertiary/aromatic N) is 3. The Hall–Kier alpha value is -1.42. The first-order valence-electron chi connectivity index (χ1n) is 5.13. The second-order valence-electron chi connectivity index (χ2n) is 3.38. The van der Waals surface area contributed by atoms with E-state index in [-0.39, 0.29) is 0 Å². The van der Waals surface area contributed by atoms with Gasteiger partial charge in [-0.3, -0.25) is 0 Å². The zero-order chi connectivity index (χ0) is 12.7. The van der Waals surface area contributed by atoms with Gasteiger partial charge < -0.3 is 4.90 Å². The van der Waals surface area contributed by atoms with E-state index in [1.165, 1.54) is 0 Å². The van der Waals surface area contributed by atoms with Crippen LogP contribution in [-0.2, 0) is 0 Å². The van der Waals surface area contributed by atoms with Gasteiger partial charge in [-0.25, -0.2) is 0 Å². The lowest BCUT2D eigenvalue weighted by Crippen LogP contribution is -2.25. The molecule has 0 amide bonds. The van der Waals surface area contributed by atoms with E-state index in [0.717, 1.165) is 5.69 Å². The van der Waals surface area contributed by atoms with Crippen molar-refractivity contribution in [3.05, 3.63) is 28.2 Å². The van der Waals surface area contributed by atoms with Crippen LogP contribution >= 0.6 is 23.2 Å². The standard InChI is InChI=1S/C12H11Cl2N3/c13-10-4-1-5-11(12(10)14)17(8-2-6-15)9-3-7-16/h1,4-5H,2-3,8-9H2. The molecule has 3 nitrogen and oxygen atoms in total. The zero-order valence-corrected chi connectivity index (χ0v) is 10.7. The van der Waals surface area contributed by atoms with Crippen LogP contribution in [0.1, 0.15) is 12.8 Å². The Kier molecular flexibility index (Phi) is 5.63. The second kappa shape index (κ2) is 7.01. The second-order valence-corrected chi connectivity index (χ2v) is 4.16. The Morgan fingerprint density at radius 1 is 1.06 bits per heavy atom. The van der Waals surface area contributed by atoms with E-state index in [1.54, 1.807) is 12.1 Å². The van der Waals surface area contributed by atoms with Crippen LogP contribution < -0.4 is 4.90 Å². The first kappa shape index (κ1) is 13.6. The fourth-order valence-electron chi connectivity index (χ4n) is 1.46. The third-order valence-electron chi connectivity index (χ3n) is 2.26. The minimum absolute atomic E-state index is 0.383. The van der Waals surface area contributed by atoms with Crippen molar-refractivity contribution in [3.63, 3.8) is 0 Å². The van der Waals surface area contributed by atoms with Crippen LogP contribution in [0.15, 0.2) is 18.2 Å². The van der Waals surface area contributed by atoms with E-state index in [0.29, 0.717) is 36.0 Å². The summed E-state index contributed by atoms with van der Waals surface area (Å²) in [6.45, 7) is 1.08. The summed E-state index contributed by atoms with van der Waals surface area (Å²) in [6, 6.07) is 9.50. The lowest BCUT2D eigenvalue weighted by molar-refractivity contribution is 0.796. The summed E-state index contributed by atoms with van der Waals surface area (Å²) in [6.07, 6.45) is 0.766. The largest absolute Gasteiger partial charge is 0.368 e. The number of rotatable bonds is 5. The molecule has 0 heterocycles. The fourth-order valence-corrected chi connectivity index (χ4v) is 1.87. The zero-order valence-electron chi connectivity index (χ0n) is 9.16. The third kappa shape index (κ3) is 3.82. The van der Waals surface area contributed by atoms with Crippen LogP contribution in [0.4, 0.5) is 5.69 Å². The lowest BCUT2D eigenvalue weighted by atomic mass is 10.2.